The van der Waals surface area contributed by atoms with Crippen molar-refractivity contribution >= 4 is 25.8 Å². The highest BCUT2D eigenvalue weighted by molar-refractivity contribution is 6.74. The van der Waals surface area contributed by atoms with Crippen LogP contribution < -0.4 is 4.90 Å². The SMILES string of the molecule is CCOC(=O)c1cnn2ccc(N3CC(O[Si](C)(C)C(C)(C)C)CC3c3cccc(F)c3)nc12. The van der Waals surface area contributed by atoms with E-state index in [9.17, 15) is 9.18 Å². The predicted molar refractivity (Wildman–Crippen MR) is 132 cm³/mol. The number of carbonyl (C=O) groups excluding carboxylic acids is 1. The number of carbonyl (C=O) groups is 1. The Hall–Kier alpha value is -2.78. The zero-order valence-electron chi connectivity index (χ0n) is 20.7. The van der Waals surface area contributed by atoms with E-state index in [1.807, 2.05) is 12.1 Å². The Morgan fingerprint density at radius 2 is 2.03 bits per heavy atom. The van der Waals surface area contributed by atoms with Gasteiger partial charge < -0.3 is 14.1 Å². The van der Waals surface area contributed by atoms with Gasteiger partial charge in [-0.3, -0.25) is 0 Å². The van der Waals surface area contributed by atoms with Crippen molar-refractivity contribution in [3.63, 3.8) is 0 Å². The molecule has 3 heterocycles. The molecule has 0 saturated carbocycles. The van der Waals surface area contributed by atoms with Gasteiger partial charge in [-0.25, -0.2) is 18.7 Å². The molecule has 7 nitrogen and oxygen atoms in total. The average Bonchev–Trinajstić information content (AvgIpc) is 3.36. The van der Waals surface area contributed by atoms with Crippen LogP contribution in [0.2, 0.25) is 18.1 Å². The summed E-state index contributed by atoms with van der Waals surface area (Å²) in [6.07, 6.45) is 3.97. The predicted octanol–water partition coefficient (Wildman–Crippen LogP) is 5.39. The Morgan fingerprint density at radius 1 is 1.26 bits per heavy atom. The Kier molecular flexibility index (Phi) is 6.52. The molecule has 4 rings (SSSR count). The summed E-state index contributed by atoms with van der Waals surface area (Å²) < 4.78 is 27.6. The number of hydrogen-bond donors (Lipinski definition) is 0. The zero-order chi connectivity index (χ0) is 24.7. The van der Waals surface area contributed by atoms with Crippen molar-refractivity contribution in [1.82, 2.24) is 14.6 Å². The molecule has 0 amide bonds. The van der Waals surface area contributed by atoms with Crippen molar-refractivity contribution in [3.8, 4) is 0 Å². The summed E-state index contributed by atoms with van der Waals surface area (Å²) in [4.78, 5) is 19.3. The lowest BCUT2D eigenvalue weighted by molar-refractivity contribution is 0.0528. The molecule has 0 radical (unpaired) electrons. The Balaban J connectivity index is 1.72. The fraction of sp³-hybridized carbons (Fsp3) is 0.480. The monoisotopic (exact) mass is 484 g/mol. The van der Waals surface area contributed by atoms with Crippen molar-refractivity contribution in [3.05, 3.63) is 59.7 Å². The van der Waals surface area contributed by atoms with Gasteiger partial charge in [0.15, 0.2) is 14.0 Å². The molecule has 0 bridgehead atoms. The number of rotatable bonds is 6. The van der Waals surface area contributed by atoms with Crippen LogP contribution in [0.5, 0.6) is 0 Å². The van der Waals surface area contributed by atoms with E-state index in [0.717, 1.165) is 12.0 Å². The highest BCUT2D eigenvalue weighted by atomic mass is 28.4. The number of nitrogens with zero attached hydrogens (tertiary/aromatic N) is 4. The number of anilines is 1. The molecule has 182 valence electrons. The number of ether oxygens (including phenoxy) is 1. The number of fused-ring (bicyclic) bond motifs is 1. The van der Waals surface area contributed by atoms with Crippen LogP contribution in [0, 0.1) is 5.82 Å². The van der Waals surface area contributed by atoms with Crippen LogP contribution in [0.4, 0.5) is 10.2 Å². The van der Waals surface area contributed by atoms with E-state index in [2.05, 4.69) is 43.9 Å². The maximum atomic E-state index is 14.1. The molecule has 1 aliphatic rings. The molecule has 2 aromatic heterocycles. The van der Waals surface area contributed by atoms with Gasteiger partial charge in [-0.2, -0.15) is 5.10 Å². The Bertz CT molecular complexity index is 1190. The van der Waals surface area contributed by atoms with Crippen LogP contribution in [-0.2, 0) is 9.16 Å². The molecule has 0 spiro atoms. The van der Waals surface area contributed by atoms with Crippen LogP contribution in [0.1, 0.15) is 56.1 Å². The molecule has 1 saturated heterocycles. The summed E-state index contributed by atoms with van der Waals surface area (Å²) in [6.45, 7) is 13.8. The van der Waals surface area contributed by atoms with Gasteiger partial charge in [-0.1, -0.05) is 32.9 Å². The number of esters is 1. The first-order valence-corrected chi connectivity index (χ1v) is 14.6. The normalized spacial score (nSPS) is 19.1. The second kappa shape index (κ2) is 9.11. The second-order valence-corrected chi connectivity index (χ2v) is 15.0. The highest BCUT2D eigenvalue weighted by Gasteiger charge is 2.43. The van der Waals surface area contributed by atoms with Gasteiger partial charge in [-0.05, 0) is 55.2 Å². The van der Waals surface area contributed by atoms with Crippen molar-refractivity contribution in [1.29, 1.82) is 0 Å². The van der Waals surface area contributed by atoms with E-state index in [1.165, 1.54) is 12.3 Å². The summed E-state index contributed by atoms with van der Waals surface area (Å²) in [5.41, 5.74) is 1.63. The molecule has 1 aliphatic heterocycles. The van der Waals surface area contributed by atoms with E-state index in [4.69, 9.17) is 14.1 Å². The van der Waals surface area contributed by atoms with Gasteiger partial charge in [-0.15, -0.1) is 0 Å². The lowest BCUT2D eigenvalue weighted by Crippen LogP contribution is -2.44. The maximum Gasteiger partial charge on any atom is 0.343 e. The summed E-state index contributed by atoms with van der Waals surface area (Å²) in [5, 5.41) is 4.32. The summed E-state index contributed by atoms with van der Waals surface area (Å²) >= 11 is 0. The van der Waals surface area contributed by atoms with E-state index in [1.54, 1.807) is 29.8 Å². The Morgan fingerprint density at radius 3 is 2.71 bits per heavy atom. The molecule has 2 atom stereocenters. The number of aromatic nitrogens is 3. The number of halogens is 1. The minimum absolute atomic E-state index is 0.0124. The van der Waals surface area contributed by atoms with Gasteiger partial charge in [0.25, 0.3) is 0 Å². The van der Waals surface area contributed by atoms with Crippen molar-refractivity contribution < 1.29 is 18.3 Å². The fourth-order valence-corrected chi connectivity index (χ4v) is 5.49. The quantitative estimate of drug-likeness (QED) is 0.345. The van der Waals surface area contributed by atoms with E-state index in [-0.39, 0.29) is 29.6 Å². The summed E-state index contributed by atoms with van der Waals surface area (Å²) in [5.74, 6) is -0.0338. The van der Waals surface area contributed by atoms with E-state index >= 15 is 0 Å². The van der Waals surface area contributed by atoms with Crippen molar-refractivity contribution in [2.75, 3.05) is 18.1 Å². The van der Waals surface area contributed by atoms with Gasteiger partial charge in [0, 0.05) is 12.7 Å². The standard InChI is InChI=1S/C25H33FN4O3Si/c1-7-32-24(31)20-15-27-30-12-11-22(28-23(20)30)29-16-19(33-34(5,6)25(2,3)4)14-21(29)17-9-8-10-18(26)13-17/h8-13,15,19,21H,7,14,16H2,1-6H3. The topological polar surface area (TPSA) is 69.0 Å². The molecule has 9 heteroatoms. The van der Waals surface area contributed by atoms with E-state index in [0.29, 0.717) is 23.6 Å². The van der Waals surface area contributed by atoms with Crippen LogP contribution in [-0.4, -0.2) is 48.1 Å². The molecule has 34 heavy (non-hydrogen) atoms. The lowest BCUT2D eigenvalue weighted by Gasteiger charge is -2.38. The highest BCUT2D eigenvalue weighted by Crippen LogP contribution is 2.42. The van der Waals surface area contributed by atoms with Gasteiger partial charge in [0.05, 0.1) is 24.9 Å². The average molecular weight is 485 g/mol. The molecule has 0 N–H and O–H groups in total. The third kappa shape index (κ3) is 4.72. The molecular weight excluding hydrogens is 451 g/mol. The van der Waals surface area contributed by atoms with Crippen LogP contribution in [0.25, 0.3) is 5.65 Å². The molecule has 2 unspecified atom stereocenters. The first-order chi connectivity index (χ1) is 16.0. The third-order valence-electron chi connectivity index (χ3n) is 6.91. The minimum atomic E-state index is -2.00. The molecule has 1 fully saturated rings. The molecule has 1 aromatic carbocycles. The minimum Gasteiger partial charge on any atom is -0.462 e. The van der Waals surface area contributed by atoms with Crippen LogP contribution in [0.3, 0.4) is 0 Å². The lowest BCUT2D eigenvalue weighted by atomic mass is 10.0. The molecular formula is C25H33FN4O3Si. The van der Waals surface area contributed by atoms with Gasteiger partial charge in [0.1, 0.15) is 17.2 Å². The van der Waals surface area contributed by atoms with Crippen molar-refractivity contribution in [2.45, 2.75) is 64.4 Å². The number of benzene rings is 1. The Labute approximate surface area is 201 Å². The van der Waals surface area contributed by atoms with Crippen molar-refractivity contribution in [2.24, 2.45) is 0 Å². The van der Waals surface area contributed by atoms with Crippen LogP contribution in [0.15, 0.2) is 42.7 Å². The smallest absolute Gasteiger partial charge is 0.343 e. The summed E-state index contributed by atoms with van der Waals surface area (Å²) in [7, 11) is -2.00. The summed E-state index contributed by atoms with van der Waals surface area (Å²) in [6, 6.07) is 8.47. The van der Waals surface area contributed by atoms with Gasteiger partial charge >= 0.3 is 5.97 Å². The fourth-order valence-electron chi connectivity index (χ4n) is 4.13. The van der Waals surface area contributed by atoms with E-state index < -0.39 is 14.3 Å². The largest absolute Gasteiger partial charge is 0.462 e. The third-order valence-corrected chi connectivity index (χ3v) is 11.4. The molecule has 3 aromatic rings. The van der Waals surface area contributed by atoms with Gasteiger partial charge in [0.2, 0.25) is 0 Å². The first kappa shape index (κ1) is 24.3. The second-order valence-electron chi connectivity index (χ2n) is 10.3. The maximum absolute atomic E-state index is 14.1. The number of hydrogen-bond acceptors (Lipinski definition) is 6. The first-order valence-electron chi connectivity index (χ1n) is 11.7. The van der Waals surface area contributed by atoms with Crippen LogP contribution >= 0.6 is 0 Å². The molecule has 0 aliphatic carbocycles. The zero-order valence-corrected chi connectivity index (χ0v) is 21.7.